The van der Waals surface area contributed by atoms with E-state index in [4.69, 9.17) is 79.1 Å². The molecule has 0 aromatic heterocycles. The van der Waals surface area contributed by atoms with Crippen molar-refractivity contribution in [2.75, 3.05) is 6.61 Å². The topological polar surface area (TPSA) is 18.5 Å². The molecule has 16 heavy (non-hydrogen) atoms. The summed E-state index contributed by atoms with van der Waals surface area (Å²) in [5.74, 6) is 0. The molecule has 1 aliphatic heterocycles. The van der Waals surface area contributed by atoms with Gasteiger partial charge in [0, 0.05) is 6.61 Å². The van der Waals surface area contributed by atoms with Crippen LogP contribution in [0.4, 0.5) is 0 Å². The summed E-state index contributed by atoms with van der Waals surface area (Å²) in [6.07, 6.45) is 0.962. The van der Waals surface area contributed by atoms with Gasteiger partial charge in [-0.15, -0.1) is 0 Å². The quantitative estimate of drug-likeness (QED) is 0.675. The molecule has 1 unspecified atom stereocenters. The van der Waals surface area contributed by atoms with E-state index in [2.05, 4.69) is 0 Å². The van der Waals surface area contributed by atoms with Crippen molar-refractivity contribution in [1.29, 1.82) is 0 Å². The van der Waals surface area contributed by atoms with Crippen LogP contribution in [0.5, 0.6) is 0 Å². The summed E-state index contributed by atoms with van der Waals surface area (Å²) in [5, 5.41) is 0. The summed E-state index contributed by atoms with van der Waals surface area (Å²) in [6, 6.07) is 0. The second-order valence-corrected chi connectivity index (χ2v) is 8.13. The van der Waals surface area contributed by atoms with Gasteiger partial charge in [-0.2, -0.15) is 0 Å². The van der Waals surface area contributed by atoms with Crippen LogP contribution >= 0.6 is 69.6 Å². The smallest absolute Gasteiger partial charge is 0.220 e. The molecule has 0 aromatic carbocycles. The molecule has 0 N–H and O–H groups in total. The third-order valence-electron chi connectivity index (χ3n) is 2.02. The highest BCUT2D eigenvalue weighted by atomic mass is 35.6. The van der Waals surface area contributed by atoms with E-state index in [1.165, 1.54) is 0 Å². The van der Waals surface area contributed by atoms with E-state index in [0.717, 1.165) is 12.8 Å². The van der Waals surface area contributed by atoms with Gasteiger partial charge >= 0.3 is 0 Å². The maximum atomic E-state index is 5.70. The lowest BCUT2D eigenvalue weighted by Crippen LogP contribution is -2.44. The molecule has 1 atom stereocenters. The van der Waals surface area contributed by atoms with Gasteiger partial charge in [0.15, 0.2) is 12.4 Å². The van der Waals surface area contributed by atoms with Gasteiger partial charge in [-0.25, -0.2) is 0 Å². The molecule has 1 aliphatic rings. The number of halogens is 6. The lowest BCUT2D eigenvalue weighted by Gasteiger charge is -2.34. The standard InChI is InChI=1S/C8H10Cl6O2/c9-7(10,11)6(8(12,13)14)16-5-3-1-2-4-15-5/h5-6H,1-4H2. The number of rotatable bonds is 2. The molecule has 0 spiro atoms. The van der Waals surface area contributed by atoms with Crippen LogP contribution in [0.25, 0.3) is 0 Å². The minimum atomic E-state index is -1.83. The molecule has 2 nitrogen and oxygen atoms in total. The number of hydrogen-bond acceptors (Lipinski definition) is 2. The predicted molar refractivity (Wildman–Crippen MR) is 69.0 cm³/mol. The van der Waals surface area contributed by atoms with Crippen LogP contribution in [-0.4, -0.2) is 26.6 Å². The minimum Gasteiger partial charge on any atom is -0.353 e. The normalized spacial score (nSPS) is 23.8. The number of hydrogen-bond donors (Lipinski definition) is 0. The van der Waals surface area contributed by atoms with Crippen molar-refractivity contribution >= 4 is 69.6 Å². The van der Waals surface area contributed by atoms with Crippen LogP contribution in [0.3, 0.4) is 0 Å². The first-order chi connectivity index (χ1) is 7.21. The molecular formula is C8H10Cl6O2. The summed E-state index contributed by atoms with van der Waals surface area (Å²) in [6.45, 7) is 0.594. The molecule has 0 aliphatic carbocycles. The average Bonchev–Trinajstić information content (AvgIpc) is 2.12. The Morgan fingerprint density at radius 3 is 1.94 bits per heavy atom. The lowest BCUT2D eigenvalue weighted by atomic mass is 10.2. The molecule has 8 heteroatoms. The van der Waals surface area contributed by atoms with E-state index in [9.17, 15) is 0 Å². The first-order valence-electron chi connectivity index (χ1n) is 4.62. The Morgan fingerprint density at radius 2 is 1.56 bits per heavy atom. The Morgan fingerprint density at radius 1 is 1.00 bits per heavy atom. The summed E-state index contributed by atoms with van der Waals surface area (Å²) in [5.41, 5.74) is 0. The third-order valence-corrected chi connectivity index (χ3v) is 3.21. The Kier molecular flexibility index (Phi) is 6.10. The highest BCUT2D eigenvalue weighted by molar-refractivity contribution is 6.73. The molecular weight excluding hydrogens is 341 g/mol. The van der Waals surface area contributed by atoms with Gasteiger partial charge in [-0.1, -0.05) is 69.6 Å². The Bertz CT molecular complexity index is 204. The zero-order chi connectivity index (χ0) is 12.4. The molecule has 1 rings (SSSR count). The van der Waals surface area contributed by atoms with Crippen molar-refractivity contribution in [3.63, 3.8) is 0 Å². The molecule has 0 aromatic rings. The fourth-order valence-electron chi connectivity index (χ4n) is 1.31. The number of ether oxygens (including phenoxy) is 2. The Labute approximate surface area is 124 Å². The van der Waals surface area contributed by atoms with Crippen LogP contribution in [-0.2, 0) is 9.47 Å². The van der Waals surface area contributed by atoms with E-state index in [0.29, 0.717) is 13.0 Å². The second-order valence-electron chi connectivity index (χ2n) is 3.40. The highest BCUT2D eigenvalue weighted by Crippen LogP contribution is 2.46. The molecule has 1 saturated heterocycles. The van der Waals surface area contributed by atoms with Gasteiger partial charge in [0.25, 0.3) is 0 Å². The van der Waals surface area contributed by atoms with E-state index in [1.54, 1.807) is 0 Å². The predicted octanol–water partition coefficient (Wildman–Crippen LogP) is 4.64. The molecule has 1 heterocycles. The summed E-state index contributed by atoms with van der Waals surface area (Å²) < 4.78 is 7.08. The molecule has 0 radical (unpaired) electrons. The Hall–Kier alpha value is 1.66. The van der Waals surface area contributed by atoms with Crippen molar-refractivity contribution in [2.45, 2.75) is 39.2 Å². The van der Waals surface area contributed by atoms with Crippen LogP contribution in [0.1, 0.15) is 19.3 Å². The SMILES string of the molecule is ClC(Cl)(Cl)C(OC1CCCCO1)C(Cl)(Cl)Cl. The third kappa shape index (κ3) is 5.11. The molecule has 96 valence electrons. The van der Waals surface area contributed by atoms with Gasteiger partial charge < -0.3 is 9.47 Å². The first-order valence-corrected chi connectivity index (χ1v) is 6.88. The van der Waals surface area contributed by atoms with Crippen molar-refractivity contribution in [2.24, 2.45) is 0 Å². The zero-order valence-electron chi connectivity index (χ0n) is 8.07. The van der Waals surface area contributed by atoms with E-state index < -0.39 is 20.0 Å². The lowest BCUT2D eigenvalue weighted by molar-refractivity contribution is -0.186. The second kappa shape index (κ2) is 6.21. The highest BCUT2D eigenvalue weighted by Gasteiger charge is 2.49. The van der Waals surface area contributed by atoms with E-state index >= 15 is 0 Å². The zero-order valence-corrected chi connectivity index (χ0v) is 12.6. The fraction of sp³-hybridized carbons (Fsp3) is 1.00. The largest absolute Gasteiger partial charge is 0.353 e. The van der Waals surface area contributed by atoms with E-state index in [-0.39, 0.29) is 0 Å². The summed E-state index contributed by atoms with van der Waals surface area (Å²) >= 11 is 34.2. The van der Waals surface area contributed by atoms with Gasteiger partial charge in [0.1, 0.15) is 0 Å². The maximum Gasteiger partial charge on any atom is 0.220 e. The number of alkyl halides is 6. The fourth-order valence-corrected chi connectivity index (χ4v) is 3.10. The average molecular weight is 351 g/mol. The van der Waals surface area contributed by atoms with Crippen molar-refractivity contribution < 1.29 is 9.47 Å². The molecule has 0 saturated carbocycles. The monoisotopic (exact) mass is 348 g/mol. The van der Waals surface area contributed by atoms with Crippen molar-refractivity contribution in [3.05, 3.63) is 0 Å². The van der Waals surface area contributed by atoms with Gasteiger partial charge in [0.2, 0.25) is 7.59 Å². The van der Waals surface area contributed by atoms with Gasteiger partial charge in [-0.3, -0.25) is 0 Å². The maximum absolute atomic E-state index is 5.70. The van der Waals surface area contributed by atoms with Crippen LogP contribution < -0.4 is 0 Å². The van der Waals surface area contributed by atoms with Gasteiger partial charge in [0.05, 0.1) is 0 Å². The molecule has 0 bridgehead atoms. The van der Waals surface area contributed by atoms with Crippen LogP contribution in [0.15, 0.2) is 0 Å². The minimum absolute atomic E-state index is 0.495. The summed E-state index contributed by atoms with van der Waals surface area (Å²) in [7, 11) is 0. The van der Waals surface area contributed by atoms with Crippen LogP contribution in [0, 0.1) is 0 Å². The van der Waals surface area contributed by atoms with Gasteiger partial charge in [-0.05, 0) is 19.3 Å². The summed E-state index contributed by atoms with van der Waals surface area (Å²) in [4.78, 5) is 0. The van der Waals surface area contributed by atoms with Crippen molar-refractivity contribution in [1.82, 2.24) is 0 Å². The first kappa shape index (κ1) is 15.7. The van der Waals surface area contributed by atoms with Crippen molar-refractivity contribution in [3.8, 4) is 0 Å². The molecule has 0 amide bonds. The Balaban J connectivity index is 2.63. The molecule has 1 fully saturated rings. The van der Waals surface area contributed by atoms with E-state index in [1.807, 2.05) is 0 Å². The van der Waals surface area contributed by atoms with Crippen LogP contribution in [0.2, 0.25) is 0 Å².